The Morgan fingerprint density at radius 2 is 2.12 bits per heavy atom. The van der Waals surface area contributed by atoms with Gasteiger partial charge in [-0.15, -0.1) is 0 Å². The zero-order valence-electron chi connectivity index (χ0n) is 15.5. The molecule has 1 heterocycles. The van der Waals surface area contributed by atoms with Gasteiger partial charge in [0.05, 0.1) is 26.3 Å². The number of rotatable bonds is 3. The lowest BCUT2D eigenvalue weighted by molar-refractivity contribution is -0.137. The lowest BCUT2D eigenvalue weighted by atomic mass is 10.1. The van der Waals surface area contributed by atoms with E-state index in [0.29, 0.717) is 37.8 Å². The van der Waals surface area contributed by atoms with E-state index in [0.717, 1.165) is 37.7 Å². The third-order valence-corrected chi connectivity index (χ3v) is 4.68. The van der Waals surface area contributed by atoms with E-state index in [4.69, 9.17) is 9.47 Å². The standard InChI is InChI=1S/C20H28N2O4/c1-2-25-17-8-6-7-16-13-22(20(24)15-9-10-15)14-18(23)21-11-4-3-5-12-26-19(16)17/h6-8,15H,2-5,9-14H2,1H3,(H,21,23). The molecule has 6 nitrogen and oxygen atoms in total. The van der Waals surface area contributed by atoms with Crippen molar-refractivity contribution in [2.75, 3.05) is 26.3 Å². The maximum absolute atomic E-state index is 12.7. The number of carbonyl (C=O) groups excluding carboxylic acids is 2. The highest BCUT2D eigenvalue weighted by molar-refractivity contribution is 5.87. The molecule has 1 aliphatic carbocycles. The SMILES string of the molecule is CCOc1cccc2c1OCCCCCNC(=O)CN(C(=O)C1CC1)C2. The van der Waals surface area contributed by atoms with Gasteiger partial charge in [-0.1, -0.05) is 12.1 Å². The lowest BCUT2D eigenvalue weighted by Crippen LogP contribution is -2.41. The van der Waals surface area contributed by atoms with Crippen molar-refractivity contribution in [1.82, 2.24) is 10.2 Å². The Bertz CT molecular complexity index is 643. The van der Waals surface area contributed by atoms with Crippen LogP contribution >= 0.6 is 0 Å². The molecule has 0 atom stereocenters. The van der Waals surface area contributed by atoms with Gasteiger partial charge in [-0.05, 0) is 45.1 Å². The number of nitrogens with one attached hydrogen (secondary N) is 1. The number of ether oxygens (including phenoxy) is 2. The van der Waals surface area contributed by atoms with E-state index in [9.17, 15) is 9.59 Å². The number of amides is 2. The first kappa shape index (κ1) is 18.5. The second kappa shape index (κ2) is 8.92. The quantitative estimate of drug-likeness (QED) is 0.899. The molecule has 0 unspecified atom stereocenters. The third-order valence-electron chi connectivity index (χ3n) is 4.68. The fourth-order valence-electron chi connectivity index (χ4n) is 3.16. The van der Waals surface area contributed by atoms with Crippen molar-refractivity contribution in [1.29, 1.82) is 0 Å². The maximum Gasteiger partial charge on any atom is 0.239 e. The molecule has 1 aromatic carbocycles. The summed E-state index contributed by atoms with van der Waals surface area (Å²) in [5, 5.41) is 2.92. The summed E-state index contributed by atoms with van der Waals surface area (Å²) in [6.07, 6.45) is 4.64. The summed E-state index contributed by atoms with van der Waals surface area (Å²) in [4.78, 5) is 26.6. The summed E-state index contributed by atoms with van der Waals surface area (Å²) in [7, 11) is 0. The van der Waals surface area contributed by atoms with Gasteiger partial charge in [-0.2, -0.15) is 0 Å². The van der Waals surface area contributed by atoms with Crippen molar-refractivity contribution < 1.29 is 19.1 Å². The van der Waals surface area contributed by atoms with E-state index < -0.39 is 0 Å². The summed E-state index contributed by atoms with van der Waals surface area (Å²) in [6.45, 7) is 4.18. The zero-order valence-corrected chi connectivity index (χ0v) is 15.5. The molecule has 6 heteroatoms. The van der Waals surface area contributed by atoms with Crippen LogP contribution in [0.4, 0.5) is 0 Å². The van der Waals surface area contributed by atoms with Crippen molar-refractivity contribution in [2.45, 2.75) is 45.6 Å². The normalized spacial score (nSPS) is 19.1. The molecule has 0 aromatic heterocycles. The first-order valence-corrected chi connectivity index (χ1v) is 9.62. The predicted molar refractivity (Wildman–Crippen MR) is 98.1 cm³/mol. The van der Waals surface area contributed by atoms with Crippen LogP contribution < -0.4 is 14.8 Å². The first-order chi connectivity index (χ1) is 12.7. The van der Waals surface area contributed by atoms with Crippen molar-refractivity contribution in [3.05, 3.63) is 23.8 Å². The van der Waals surface area contributed by atoms with Gasteiger partial charge in [0, 0.05) is 18.0 Å². The Hall–Kier alpha value is -2.24. The van der Waals surface area contributed by atoms with E-state index in [2.05, 4.69) is 5.32 Å². The molecule has 1 saturated carbocycles. The molecule has 1 fully saturated rings. The molecule has 142 valence electrons. The number of fused-ring (bicyclic) bond motifs is 1. The monoisotopic (exact) mass is 360 g/mol. The van der Waals surface area contributed by atoms with Gasteiger partial charge in [0.2, 0.25) is 11.8 Å². The second-order valence-corrected chi connectivity index (χ2v) is 6.91. The van der Waals surface area contributed by atoms with E-state index in [-0.39, 0.29) is 24.3 Å². The third kappa shape index (κ3) is 4.90. The highest BCUT2D eigenvalue weighted by atomic mass is 16.5. The minimum absolute atomic E-state index is 0.0581. The molecule has 2 amide bonds. The van der Waals surface area contributed by atoms with Crippen molar-refractivity contribution in [3.8, 4) is 11.5 Å². The minimum Gasteiger partial charge on any atom is -0.490 e. The smallest absolute Gasteiger partial charge is 0.239 e. The predicted octanol–water partition coefficient (Wildman–Crippen LogP) is 2.50. The van der Waals surface area contributed by atoms with Gasteiger partial charge in [0.25, 0.3) is 0 Å². The number of hydrogen-bond donors (Lipinski definition) is 1. The molecule has 0 saturated heterocycles. The fourth-order valence-corrected chi connectivity index (χ4v) is 3.16. The summed E-state index contributed by atoms with van der Waals surface area (Å²) in [6, 6.07) is 5.74. The van der Waals surface area contributed by atoms with E-state index in [1.54, 1.807) is 4.90 Å². The van der Waals surface area contributed by atoms with E-state index in [1.807, 2.05) is 25.1 Å². The van der Waals surface area contributed by atoms with Crippen LogP contribution in [-0.4, -0.2) is 43.0 Å². The van der Waals surface area contributed by atoms with Gasteiger partial charge in [0.15, 0.2) is 11.5 Å². The second-order valence-electron chi connectivity index (χ2n) is 6.91. The molecular formula is C20H28N2O4. The Morgan fingerprint density at radius 1 is 1.27 bits per heavy atom. The van der Waals surface area contributed by atoms with Crippen LogP contribution in [0.15, 0.2) is 18.2 Å². The first-order valence-electron chi connectivity index (χ1n) is 9.62. The topological polar surface area (TPSA) is 67.9 Å². The van der Waals surface area contributed by atoms with Gasteiger partial charge < -0.3 is 19.7 Å². The average molecular weight is 360 g/mol. The molecule has 3 rings (SSSR count). The van der Waals surface area contributed by atoms with Crippen LogP contribution in [0.1, 0.15) is 44.6 Å². The number of hydrogen-bond acceptors (Lipinski definition) is 4. The molecule has 2 aliphatic rings. The van der Waals surface area contributed by atoms with Gasteiger partial charge in [0.1, 0.15) is 0 Å². The molecule has 0 radical (unpaired) electrons. The number of carbonyl (C=O) groups is 2. The molecular weight excluding hydrogens is 332 g/mol. The lowest BCUT2D eigenvalue weighted by Gasteiger charge is -2.24. The molecule has 1 aromatic rings. The van der Waals surface area contributed by atoms with Crippen molar-refractivity contribution in [2.24, 2.45) is 5.92 Å². The molecule has 1 N–H and O–H groups in total. The Labute approximate surface area is 154 Å². The van der Waals surface area contributed by atoms with Crippen molar-refractivity contribution >= 4 is 11.8 Å². The molecule has 1 aliphatic heterocycles. The molecule has 0 bridgehead atoms. The largest absolute Gasteiger partial charge is 0.490 e. The minimum atomic E-state index is -0.0957. The van der Waals surface area contributed by atoms with E-state index in [1.165, 1.54) is 0 Å². The van der Waals surface area contributed by atoms with Crippen LogP contribution in [0.5, 0.6) is 11.5 Å². The highest BCUT2D eigenvalue weighted by Crippen LogP contribution is 2.35. The summed E-state index contributed by atoms with van der Waals surface area (Å²) in [5.41, 5.74) is 0.886. The van der Waals surface area contributed by atoms with Gasteiger partial charge in [-0.3, -0.25) is 9.59 Å². The van der Waals surface area contributed by atoms with Crippen LogP contribution in [0, 0.1) is 5.92 Å². The fraction of sp³-hybridized carbons (Fsp3) is 0.600. The Kier molecular flexibility index (Phi) is 6.36. The zero-order chi connectivity index (χ0) is 18.4. The maximum atomic E-state index is 12.7. The number of para-hydroxylation sites is 1. The average Bonchev–Trinajstić information content (AvgIpc) is 3.46. The number of nitrogens with zero attached hydrogens (tertiary/aromatic N) is 1. The van der Waals surface area contributed by atoms with Crippen LogP contribution in [0.25, 0.3) is 0 Å². The highest BCUT2D eigenvalue weighted by Gasteiger charge is 2.34. The summed E-state index contributed by atoms with van der Waals surface area (Å²) in [5.74, 6) is 1.42. The van der Waals surface area contributed by atoms with Crippen LogP contribution in [0.3, 0.4) is 0 Å². The molecule has 26 heavy (non-hydrogen) atoms. The van der Waals surface area contributed by atoms with E-state index >= 15 is 0 Å². The number of benzene rings is 1. The summed E-state index contributed by atoms with van der Waals surface area (Å²) >= 11 is 0. The Morgan fingerprint density at radius 3 is 2.88 bits per heavy atom. The van der Waals surface area contributed by atoms with Crippen LogP contribution in [-0.2, 0) is 16.1 Å². The van der Waals surface area contributed by atoms with Gasteiger partial charge in [-0.25, -0.2) is 0 Å². The van der Waals surface area contributed by atoms with Crippen molar-refractivity contribution in [3.63, 3.8) is 0 Å². The van der Waals surface area contributed by atoms with Gasteiger partial charge >= 0.3 is 0 Å². The Balaban J connectivity index is 1.87. The molecule has 0 spiro atoms. The van der Waals surface area contributed by atoms with Crippen LogP contribution in [0.2, 0.25) is 0 Å². The summed E-state index contributed by atoms with van der Waals surface area (Å²) < 4.78 is 11.8.